The summed E-state index contributed by atoms with van der Waals surface area (Å²) in [6.45, 7) is 21.0. The van der Waals surface area contributed by atoms with E-state index in [1.54, 1.807) is 12.7 Å². The Balaban J connectivity index is 0.723. The van der Waals surface area contributed by atoms with Gasteiger partial charge in [0.25, 0.3) is 0 Å². The van der Waals surface area contributed by atoms with Gasteiger partial charge in [-0.15, -0.1) is 0 Å². The van der Waals surface area contributed by atoms with Crippen molar-refractivity contribution in [3.8, 4) is 22.6 Å². The van der Waals surface area contributed by atoms with E-state index in [0.29, 0.717) is 18.3 Å². The number of ether oxygens (including phenoxy) is 4. The number of nitrogens with zero attached hydrogens (tertiary/aromatic N) is 2. The SMILES string of the molecule is COc1cc2c3c(c4c(c2cc1N1CCC(OC(=O)OC2CCC5(C)C(=CCC6C5CCC5(C)C(C(C)CCCC(C)C)CCC65)C2)CC1)-c1ccccc1C4(C)C)C=CC(c1ccccc1)(c1ccc(N2CCCC2)cc1)O3. The van der Waals surface area contributed by atoms with Gasteiger partial charge in [0.1, 0.15) is 23.7 Å². The molecule has 5 aromatic rings. The predicted octanol–water partition coefficient (Wildman–Crippen LogP) is 17.6. The molecule has 7 nitrogen and oxygen atoms in total. The highest BCUT2D eigenvalue weighted by Crippen LogP contribution is 2.68. The molecule has 5 fully saturated rings. The number of benzene rings is 5. The molecule has 0 spiro atoms. The van der Waals surface area contributed by atoms with Crippen molar-refractivity contribution in [1.29, 1.82) is 0 Å². The maximum Gasteiger partial charge on any atom is 0.508 e. The Bertz CT molecular complexity index is 3160. The van der Waals surface area contributed by atoms with Gasteiger partial charge in [0.05, 0.1) is 12.8 Å². The van der Waals surface area contributed by atoms with E-state index in [-0.39, 0.29) is 23.0 Å². The van der Waals surface area contributed by atoms with Crippen LogP contribution in [0.2, 0.25) is 0 Å². The fourth-order valence-electron chi connectivity index (χ4n) is 18.2. The highest BCUT2D eigenvalue weighted by molar-refractivity contribution is 6.10. The van der Waals surface area contributed by atoms with Crippen LogP contribution in [0.5, 0.6) is 11.5 Å². The molecule has 0 aromatic heterocycles. The number of carbonyl (C=O) groups excluding carboxylic acids is 1. The lowest BCUT2D eigenvalue weighted by molar-refractivity contribution is -0.0643. The van der Waals surface area contributed by atoms with Crippen LogP contribution in [0, 0.1) is 46.3 Å². The number of hydrogen-bond acceptors (Lipinski definition) is 7. The number of carbonyl (C=O) groups is 1. The molecule has 9 atom stereocenters. The quantitative estimate of drug-likeness (QED) is 0.0911. The fourth-order valence-corrected chi connectivity index (χ4v) is 18.2. The molecule has 0 N–H and O–H groups in total. The molecule has 0 bridgehead atoms. The van der Waals surface area contributed by atoms with Crippen LogP contribution in [0.4, 0.5) is 16.2 Å². The summed E-state index contributed by atoms with van der Waals surface area (Å²) in [6.07, 6.45) is 24.1. The van der Waals surface area contributed by atoms with Crippen molar-refractivity contribution in [3.05, 3.63) is 137 Å². The Morgan fingerprint density at radius 2 is 1.47 bits per heavy atom. The lowest BCUT2D eigenvalue weighted by Gasteiger charge is -2.58. The number of fused-ring (bicyclic) bond motifs is 13. The number of anilines is 2. The van der Waals surface area contributed by atoms with Crippen LogP contribution >= 0.6 is 0 Å². The van der Waals surface area contributed by atoms with Gasteiger partial charge in [-0.05, 0) is 162 Å². The summed E-state index contributed by atoms with van der Waals surface area (Å²) in [5.41, 5.74) is 11.9. The van der Waals surface area contributed by atoms with Gasteiger partial charge in [-0.25, -0.2) is 4.79 Å². The van der Waals surface area contributed by atoms with Crippen molar-refractivity contribution in [1.82, 2.24) is 0 Å². The first-order valence-electron chi connectivity index (χ1n) is 31.1. The molecule has 79 heavy (non-hydrogen) atoms. The van der Waals surface area contributed by atoms with Gasteiger partial charge < -0.3 is 28.7 Å². The van der Waals surface area contributed by atoms with Crippen LogP contribution in [-0.4, -0.2) is 51.7 Å². The summed E-state index contributed by atoms with van der Waals surface area (Å²) < 4.78 is 26.6. The zero-order valence-electron chi connectivity index (χ0n) is 48.9. The van der Waals surface area contributed by atoms with Crippen molar-refractivity contribution in [3.63, 3.8) is 0 Å². The number of rotatable bonds is 12. The van der Waals surface area contributed by atoms with Crippen LogP contribution in [0.25, 0.3) is 28.0 Å². The molecule has 2 saturated heterocycles. The minimum absolute atomic E-state index is 0.123. The Labute approximate surface area is 472 Å². The summed E-state index contributed by atoms with van der Waals surface area (Å²) in [5, 5.41) is 2.19. The van der Waals surface area contributed by atoms with Gasteiger partial charge in [0, 0.05) is 78.6 Å². The summed E-state index contributed by atoms with van der Waals surface area (Å²) >= 11 is 0. The molecule has 5 aromatic carbocycles. The van der Waals surface area contributed by atoms with E-state index in [1.807, 2.05) is 0 Å². The summed E-state index contributed by atoms with van der Waals surface area (Å²) in [6, 6.07) is 33.4. The van der Waals surface area contributed by atoms with E-state index in [1.165, 1.54) is 92.1 Å². The van der Waals surface area contributed by atoms with Crippen LogP contribution in [0.1, 0.15) is 173 Å². The van der Waals surface area contributed by atoms with Gasteiger partial charge in [-0.3, -0.25) is 0 Å². The first kappa shape index (κ1) is 52.7. The van der Waals surface area contributed by atoms with Gasteiger partial charge in [-0.1, -0.05) is 152 Å². The standard InChI is InChI=1S/C72H88N2O5/c1-46(2)17-16-18-47(3)59-29-30-61-54-28-25-50-43-53(31-36-70(50,6)62(54)33-37-71(59,61)7)78-68(75)77-52-34-41-74(42-35-52)63-44-57-58(45-64(63)76-8)67-56(66-65(57)55-21-12-13-22-60(55)69(66,4)5)32-38-72(79-67,48-19-10-9-11-20-48)49-23-26-51(27-24-49)73-39-14-15-40-73/h9-13,19-27,32,38,44-47,52-54,59,61-62H,14-18,28-31,33-37,39-43H2,1-8H3. The summed E-state index contributed by atoms with van der Waals surface area (Å²) in [4.78, 5) is 18.7. The second-order valence-electron chi connectivity index (χ2n) is 27.3. The summed E-state index contributed by atoms with van der Waals surface area (Å²) in [5.74, 6) is 6.56. The van der Waals surface area contributed by atoms with E-state index >= 15 is 0 Å². The molecule has 13 rings (SSSR count). The van der Waals surface area contributed by atoms with Crippen LogP contribution in [0.15, 0.2) is 109 Å². The second kappa shape index (κ2) is 20.4. The van der Waals surface area contributed by atoms with Gasteiger partial charge in [0.2, 0.25) is 0 Å². The largest absolute Gasteiger partial charge is 0.508 e. The fraction of sp³-hybridized carbons (Fsp3) is 0.542. The number of piperidine rings is 1. The van der Waals surface area contributed by atoms with Crippen molar-refractivity contribution < 1.29 is 23.7 Å². The number of methoxy groups -OCH3 is 1. The lowest BCUT2D eigenvalue weighted by atomic mass is 9.47. The van der Waals surface area contributed by atoms with Crippen molar-refractivity contribution in [2.75, 3.05) is 43.1 Å². The number of allylic oxidation sites excluding steroid dienone is 1. The minimum atomic E-state index is -0.860. The Hall–Kier alpha value is -5.69. The van der Waals surface area contributed by atoms with Crippen LogP contribution < -0.4 is 19.3 Å². The van der Waals surface area contributed by atoms with Gasteiger partial charge in [0.15, 0.2) is 5.60 Å². The maximum absolute atomic E-state index is 13.7. The topological polar surface area (TPSA) is 60.5 Å². The molecule has 0 amide bonds. The third kappa shape index (κ3) is 8.82. The van der Waals surface area contributed by atoms with Gasteiger partial charge in [-0.2, -0.15) is 0 Å². The smallest absolute Gasteiger partial charge is 0.495 e. The van der Waals surface area contributed by atoms with E-state index in [4.69, 9.17) is 18.9 Å². The molecule has 3 saturated carbocycles. The molecule has 416 valence electrons. The average molecular weight is 1060 g/mol. The first-order chi connectivity index (χ1) is 38.2. The molecule has 9 unspecified atom stereocenters. The van der Waals surface area contributed by atoms with E-state index in [2.05, 4.69) is 167 Å². The molecule has 3 aliphatic heterocycles. The van der Waals surface area contributed by atoms with Crippen molar-refractivity contribution in [2.24, 2.45) is 46.3 Å². The third-order valence-electron chi connectivity index (χ3n) is 22.4. The zero-order chi connectivity index (χ0) is 54.4. The summed E-state index contributed by atoms with van der Waals surface area (Å²) in [7, 11) is 1.79. The normalized spacial score (nSPS) is 29.9. The third-order valence-corrected chi connectivity index (χ3v) is 22.4. The molecule has 0 radical (unpaired) electrons. The second-order valence-corrected chi connectivity index (χ2v) is 27.3. The highest BCUT2D eigenvalue weighted by Gasteiger charge is 2.59. The Morgan fingerprint density at radius 3 is 2.23 bits per heavy atom. The zero-order valence-corrected chi connectivity index (χ0v) is 48.9. The van der Waals surface area contributed by atoms with Crippen LogP contribution in [-0.2, 0) is 20.5 Å². The minimum Gasteiger partial charge on any atom is -0.495 e. The molecular weight excluding hydrogens is 973 g/mol. The molecule has 7 heteroatoms. The average Bonchev–Trinajstić information content (AvgIpc) is 3.96. The lowest BCUT2D eigenvalue weighted by Crippen LogP contribution is -2.51. The highest BCUT2D eigenvalue weighted by atomic mass is 16.7. The first-order valence-corrected chi connectivity index (χ1v) is 31.1. The Morgan fingerprint density at radius 1 is 0.734 bits per heavy atom. The van der Waals surface area contributed by atoms with E-state index in [9.17, 15) is 4.79 Å². The van der Waals surface area contributed by atoms with E-state index < -0.39 is 11.8 Å². The maximum atomic E-state index is 13.7. The Kier molecular flexibility index (Phi) is 13.6. The molecule has 8 aliphatic rings. The van der Waals surface area contributed by atoms with Crippen LogP contribution in [0.3, 0.4) is 0 Å². The molecule has 3 heterocycles. The van der Waals surface area contributed by atoms with Crippen molar-refractivity contribution >= 4 is 34.4 Å². The van der Waals surface area contributed by atoms with Crippen molar-refractivity contribution in [2.45, 2.75) is 168 Å². The molecule has 5 aliphatic carbocycles. The predicted molar refractivity (Wildman–Crippen MR) is 322 cm³/mol. The van der Waals surface area contributed by atoms with Gasteiger partial charge >= 0.3 is 6.16 Å². The number of hydrogen-bond donors (Lipinski definition) is 0. The molecular formula is C72H88N2O5. The monoisotopic (exact) mass is 1060 g/mol. The van der Waals surface area contributed by atoms with E-state index in [0.717, 1.165) is 126 Å².